The van der Waals surface area contributed by atoms with Gasteiger partial charge in [0, 0.05) is 8.95 Å². The van der Waals surface area contributed by atoms with E-state index < -0.39 is 0 Å². The van der Waals surface area contributed by atoms with Gasteiger partial charge >= 0.3 is 0 Å². The molecular weight excluding hydrogens is 520 g/mol. The Kier molecular flexibility index (Phi) is 4.14. The standard InChI is InChI=1S/C22H12Br2S3/c23-15-1-3-17-11(7-15)5-13-9-25-21(19(13)17)27-22-20-14(10-26-22)6-12-8-16(24)2-4-18(12)20/h1-10,21-22H. The monoisotopic (exact) mass is 530 g/mol. The molecule has 2 atom stereocenters. The van der Waals surface area contributed by atoms with Crippen LogP contribution in [-0.4, -0.2) is 9.16 Å². The van der Waals surface area contributed by atoms with Crippen molar-refractivity contribution in [2.24, 2.45) is 0 Å². The van der Waals surface area contributed by atoms with Crippen molar-refractivity contribution in [1.29, 1.82) is 0 Å². The lowest BCUT2D eigenvalue weighted by Crippen LogP contribution is -2.26. The lowest BCUT2D eigenvalue weighted by Gasteiger charge is -2.18. The molecule has 0 nitrogen and oxygen atoms in total. The Hall–Kier alpha value is -0.590. The van der Waals surface area contributed by atoms with E-state index >= 15 is 0 Å². The van der Waals surface area contributed by atoms with Crippen LogP contribution in [0.5, 0.6) is 0 Å². The van der Waals surface area contributed by atoms with E-state index in [0.717, 1.165) is 8.95 Å². The average molecular weight is 532 g/mol. The molecule has 2 aromatic rings. The Morgan fingerprint density at radius 1 is 0.704 bits per heavy atom. The lowest BCUT2D eigenvalue weighted by molar-refractivity contribution is 1.46. The number of hydrogen-bond donors (Lipinski definition) is 0. The van der Waals surface area contributed by atoms with Crippen molar-refractivity contribution >= 4 is 90.4 Å². The van der Waals surface area contributed by atoms with Crippen LogP contribution in [0.25, 0.3) is 23.3 Å². The van der Waals surface area contributed by atoms with Crippen molar-refractivity contribution in [1.82, 2.24) is 0 Å². The molecule has 0 amide bonds. The summed E-state index contributed by atoms with van der Waals surface area (Å²) in [6.45, 7) is 0. The largest absolute Gasteiger partial charge is 0.123 e. The van der Waals surface area contributed by atoms with Gasteiger partial charge in [-0.25, -0.2) is 0 Å². The highest BCUT2D eigenvalue weighted by atomic mass is 79.9. The topological polar surface area (TPSA) is 0 Å². The van der Waals surface area contributed by atoms with Crippen LogP contribution < -0.4 is 20.9 Å². The fourth-order valence-corrected chi connectivity index (χ4v) is 9.27. The van der Waals surface area contributed by atoms with Gasteiger partial charge in [0.2, 0.25) is 0 Å². The first-order valence-electron chi connectivity index (χ1n) is 8.58. The van der Waals surface area contributed by atoms with Crippen molar-refractivity contribution in [3.63, 3.8) is 0 Å². The third-order valence-electron chi connectivity index (χ3n) is 5.21. The minimum Gasteiger partial charge on any atom is -0.123 e. The van der Waals surface area contributed by atoms with Gasteiger partial charge in [-0.05, 0) is 90.4 Å². The number of fused-ring (bicyclic) bond motifs is 4. The van der Waals surface area contributed by atoms with E-state index in [1.54, 1.807) is 0 Å². The quantitative estimate of drug-likeness (QED) is 0.562. The molecule has 27 heavy (non-hydrogen) atoms. The van der Waals surface area contributed by atoms with Gasteiger partial charge in [-0.3, -0.25) is 0 Å². The maximum absolute atomic E-state index is 3.60. The third kappa shape index (κ3) is 2.73. The lowest BCUT2D eigenvalue weighted by atomic mass is 10.1. The predicted molar refractivity (Wildman–Crippen MR) is 129 cm³/mol. The molecule has 0 radical (unpaired) electrons. The van der Waals surface area contributed by atoms with Gasteiger partial charge in [-0.1, -0.05) is 44.0 Å². The van der Waals surface area contributed by atoms with E-state index in [9.17, 15) is 0 Å². The SMILES string of the molecule is Brc1ccc2c(c1)=CC1=CSC(SC3SC=C4C=c5cc(Br)ccc5=C43)C=21. The van der Waals surface area contributed by atoms with Gasteiger partial charge < -0.3 is 0 Å². The Bertz CT molecular complexity index is 1230. The van der Waals surface area contributed by atoms with Gasteiger partial charge in [0.05, 0.1) is 9.16 Å². The van der Waals surface area contributed by atoms with Crippen molar-refractivity contribution in [2.75, 3.05) is 0 Å². The molecule has 0 bridgehead atoms. The summed E-state index contributed by atoms with van der Waals surface area (Å²) in [5.41, 5.74) is 5.79. The molecule has 0 aromatic heterocycles. The van der Waals surface area contributed by atoms with E-state index in [4.69, 9.17) is 0 Å². The predicted octanol–water partition coefficient (Wildman–Crippen LogP) is 4.45. The van der Waals surface area contributed by atoms with E-state index in [1.807, 2.05) is 23.5 Å². The van der Waals surface area contributed by atoms with Gasteiger partial charge in [0.15, 0.2) is 0 Å². The summed E-state index contributed by atoms with van der Waals surface area (Å²) < 4.78 is 3.21. The molecular formula is C22H12Br2S3. The molecule has 4 aliphatic rings. The second-order valence-corrected chi connectivity index (χ2v) is 12.4. The first kappa shape index (κ1) is 17.3. The Morgan fingerprint density at radius 3 is 1.67 bits per heavy atom. The van der Waals surface area contributed by atoms with Gasteiger partial charge in [0.1, 0.15) is 0 Å². The van der Waals surface area contributed by atoms with Crippen LogP contribution in [0, 0.1) is 0 Å². The van der Waals surface area contributed by atoms with Crippen LogP contribution in [-0.2, 0) is 0 Å². The Balaban J connectivity index is 1.41. The number of hydrogen-bond acceptors (Lipinski definition) is 3. The highest BCUT2D eigenvalue weighted by Gasteiger charge is 2.34. The van der Waals surface area contributed by atoms with Gasteiger partial charge in [-0.2, -0.15) is 0 Å². The van der Waals surface area contributed by atoms with Crippen molar-refractivity contribution in [3.8, 4) is 0 Å². The maximum atomic E-state index is 3.60. The molecule has 0 fully saturated rings. The second-order valence-electron chi connectivity index (χ2n) is 6.80. The zero-order valence-corrected chi connectivity index (χ0v) is 19.5. The highest BCUT2D eigenvalue weighted by molar-refractivity contribution is 9.10. The minimum atomic E-state index is 0.455. The fraction of sp³-hybridized carbons (Fsp3) is 0.0909. The van der Waals surface area contributed by atoms with E-state index in [-0.39, 0.29) is 0 Å². The van der Waals surface area contributed by atoms with Crippen LogP contribution >= 0.6 is 67.1 Å². The number of allylic oxidation sites excluding steroid dienone is 2. The number of halogens is 2. The zero-order valence-electron chi connectivity index (χ0n) is 13.9. The van der Waals surface area contributed by atoms with Crippen LogP contribution in [0.3, 0.4) is 0 Å². The molecule has 2 aliphatic heterocycles. The van der Waals surface area contributed by atoms with Gasteiger partial charge in [0.25, 0.3) is 0 Å². The first-order chi connectivity index (χ1) is 13.2. The van der Waals surface area contributed by atoms with Crippen molar-refractivity contribution in [2.45, 2.75) is 9.16 Å². The summed E-state index contributed by atoms with van der Waals surface area (Å²) in [6.07, 6.45) is 4.66. The minimum absolute atomic E-state index is 0.455. The highest BCUT2D eigenvalue weighted by Crippen LogP contribution is 2.52. The molecule has 0 saturated heterocycles. The zero-order chi connectivity index (χ0) is 18.1. The summed E-state index contributed by atoms with van der Waals surface area (Å²) in [5, 5.41) is 10.2. The fourth-order valence-electron chi connectivity index (χ4n) is 4.04. The smallest absolute Gasteiger partial charge is 0.0819 e. The molecule has 132 valence electrons. The molecule has 0 N–H and O–H groups in total. The van der Waals surface area contributed by atoms with Gasteiger partial charge in [-0.15, -0.1) is 35.3 Å². The molecule has 5 heteroatoms. The summed E-state index contributed by atoms with van der Waals surface area (Å²) in [7, 11) is 0. The maximum Gasteiger partial charge on any atom is 0.0819 e. The Morgan fingerprint density at radius 2 is 1.19 bits per heavy atom. The molecule has 2 heterocycles. The van der Waals surface area contributed by atoms with Crippen LogP contribution in [0.2, 0.25) is 0 Å². The number of benzene rings is 2. The Labute approximate surface area is 186 Å². The summed E-state index contributed by atoms with van der Waals surface area (Å²) in [5.74, 6) is 0. The van der Waals surface area contributed by atoms with Crippen LogP contribution in [0.4, 0.5) is 0 Å². The third-order valence-corrected chi connectivity index (χ3v) is 10.2. The van der Waals surface area contributed by atoms with E-state index in [0.29, 0.717) is 9.16 Å². The summed E-state index contributed by atoms with van der Waals surface area (Å²) >= 11 is 13.2. The number of thioether (sulfide) groups is 3. The van der Waals surface area contributed by atoms with Crippen LogP contribution in [0.1, 0.15) is 0 Å². The molecule has 2 aliphatic carbocycles. The van der Waals surface area contributed by atoms with E-state index in [1.165, 1.54) is 43.2 Å². The second kappa shape index (κ2) is 6.46. The average Bonchev–Trinajstić information content (AvgIpc) is 3.36. The summed E-state index contributed by atoms with van der Waals surface area (Å²) in [4.78, 5) is 0. The van der Waals surface area contributed by atoms with Crippen molar-refractivity contribution < 1.29 is 0 Å². The molecule has 2 aromatic carbocycles. The molecule has 6 rings (SSSR count). The normalized spacial score (nSPS) is 23.9. The number of rotatable bonds is 2. The summed E-state index contributed by atoms with van der Waals surface area (Å²) in [6, 6.07) is 13.3. The molecule has 0 spiro atoms. The van der Waals surface area contributed by atoms with Crippen molar-refractivity contribution in [3.05, 3.63) is 88.2 Å². The first-order valence-corrected chi connectivity index (χ1v) is 13.0. The molecule has 0 saturated carbocycles. The van der Waals surface area contributed by atoms with Crippen LogP contribution in [0.15, 0.2) is 67.3 Å². The van der Waals surface area contributed by atoms with E-state index in [2.05, 4.69) is 103 Å². The molecule has 2 unspecified atom stereocenters.